The maximum Gasteiger partial charge on any atom is 0.420 e. The van der Waals surface area contributed by atoms with Gasteiger partial charge in [0.25, 0.3) is 5.91 Å². The summed E-state index contributed by atoms with van der Waals surface area (Å²) in [7, 11) is 0. The van der Waals surface area contributed by atoms with Crippen molar-refractivity contribution < 1.29 is 46.2 Å². The van der Waals surface area contributed by atoms with E-state index in [1.165, 1.54) is 42.0 Å². The molecule has 344 valence electrons. The molecule has 2 aromatic heterocycles. The van der Waals surface area contributed by atoms with E-state index in [0.717, 1.165) is 33.8 Å². The number of ether oxygens (including phenoxy) is 2. The third-order valence-corrected chi connectivity index (χ3v) is 12.5. The van der Waals surface area contributed by atoms with Crippen LogP contribution >= 0.6 is 23.6 Å². The van der Waals surface area contributed by atoms with Gasteiger partial charge in [0.1, 0.15) is 36.4 Å². The van der Waals surface area contributed by atoms with Crippen molar-refractivity contribution in [3.05, 3.63) is 87.9 Å². The van der Waals surface area contributed by atoms with Crippen LogP contribution in [0.25, 0.3) is 10.4 Å². The largest absolute Gasteiger partial charge is 0.475 e. The topological polar surface area (TPSA) is 170 Å². The van der Waals surface area contributed by atoms with Gasteiger partial charge in [-0.1, -0.05) is 45.0 Å². The van der Waals surface area contributed by atoms with E-state index in [-0.39, 0.29) is 36.0 Å². The van der Waals surface area contributed by atoms with Crippen molar-refractivity contribution in [1.82, 2.24) is 25.5 Å². The monoisotopic (exact) mass is 936 g/mol. The van der Waals surface area contributed by atoms with Gasteiger partial charge >= 0.3 is 6.18 Å². The second-order valence-electron chi connectivity index (χ2n) is 17.2. The summed E-state index contributed by atoms with van der Waals surface area (Å²) in [6.07, 6.45) is -2.74. The van der Waals surface area contributed by atoms with Crippen molar-refractivity contribution >= 4 is 63.7 Å². The number of thiazole rings is 1. The molecule has 2 atom stereocenters. The lowest BCUT2D eigenvalue weighted by Gasteiger charge is -2.35. The average molecular weight is 937 g/mol. The van der Waals surface area contributed by atoms with Gasteiger partial charge < -0.3 is 29.9 Å². The third kappa shape index (κ3) is 10.3. The lowest BCUT2D eigenvalue weighted by molar-refractivity contribution is -0.144. The minimum atomic E-state index is -5.22. The smallest absolute Gasteiger partial charge is 0.420 e. The number of nitrogens with zero attached hydrogens (tertiary/aromatic N) is 6. The Morgan fingerprint density at radius 2 is 1.77 bits per heavy atom. The van der Waals surface area contributed by atoms with E-state index in [9.17, 15) is 37.6 Å². The number of rotatable bonds is 14. The van der Waals surface area contributed by atoms with E-state index in [1.807, 2.05) is 52.0 Å². The molecule has 65 heavy (non-hydrogen) atoms. The van der Waals surface area contributed by atoms with E-state index >= 15 is 4.39 Å². The number of halogens is 4. The van der Waals surface area contributed by atoms with E-state index < -0.39 is 70.3 Å². The summed E-state index contributed by atoms with van der Waals surface area (Å²) < 4.78 is 68.1. The molecule has 14 nitrogen and oxygen atoms in total. The summed E-state index contributed by atoms with van der Waals surface area (Å²) >= 11 is 7.10. The summed E-state index contributed by atoms with van der Waals surface area (Å²) in [6.45, 7) is 12.2. The van der Waals surface area contributed by atoms with Crippen LogP contribution in [-0.4, -0.2) is 87.6 Å². The van der Waals surface area contributed by atoms with Crippen LogP contribution in [0.5, 0.6) is 5.88 Å². The van der Waals surface area contributed by atoms with Crippen LogP contribution in [0.3, 0.4) is 0 Å². The molecule has 2 aliphatic rings. The first-order valence-corrected chi connectivity index (χ1v) is 21.9. The molecular weight excluding hydrogens is 889 g/mol. The van der Waals surface area contributed by atoms with Crippen LogP contribution in [0.1, 0.15) is 75.4 Å². The van der Waals surface area contributed by atoms with Gasteiger partial charge in [-0.05, 0) is 87.0 Å². The van der Waals surface area contributed by atoms with Crippen LogP contribution < -0.4 is 25.2 Å². The van der Waals surface area contributed by atoms with Gasteiger partial charge in [-0.25, -0.2) is 14.4 Å². The molecule has 2 aliphatic heterocycles. The number of carbonyl (C=O) groups excluding carboxylic acids is 4. The molecule has 0 bridgehead atoms. The number of hydrogen-bond acceptors (Lipinski definition) is 11. The molecule has 0 radical (unpaired) electrons. The van der Waals surface area contributed by atoms with E-state index in [2.05, 4.69) is 20.6 Å². The quantitative estimate of drug-likeness (QED) is 0.0759. The molecule has 4 heterocycles. The maximum absolute atomic E-state index is 15.4. The molecule has 2 aromatic carbocycles. The molecule has 0 saturated carbocycles. The van der Waals surface area contributed by atoms with E-state index in [4.69, 9.17) is 21.7 Å². The molecule has 4 amide bonds. The molecule has 0 spiro atoms. The number of likely N-dealkylation sites (tertiary alicyclic amines) is 1. The molecule has 0 aliphatic carbocycles. The number of aryl methyl sites for hydroxylation is 2. The third-order valence-electron chi connectivity index (χ3n) is 11.1. The normalized spacial score (nSPS) is 16.7. The number of benzene rings is 2. The number of alkyl halides is 3. The van der Waals surface area contributed by atoms with Crippen molar-refractivity contribution in [3.8, 4) is 22.4 Å². The van der Waals surface area contributed by atoms with Crippen molar-refractivity contribution in [2.75, 3.05) is 36.2 Å². The SMILES string of the molecule is Cc1cc(OCCOCC(=O)N[C@H](C(=O)N2CCC[C@H]2C(=O)NCc2ccc(-c3scnc3C)cc2)C(C)(C)C)ncc1N1C(=S)N(c2ccc(C#N)c(C(F)(F)F)c2F)C(=O)C1(C)C. The number of carbonyl (C=O) groups is 4. The Morgan fingerprint density at radius 3 is 2.38 bits per heavy atom. The Labute approximate surface area is 382 Å². The van der Waals surface area contributed by atoms with Crippen LogP contribution in [0.4, 0.5) is 28.9 Å². The Balaban J connectivity index is 1.00. The predicted molar refractivity (Wildman–Crippen MR) is 238 cm³/mol. The van der Waals surface area contributed by atoms with Crippen LogP contribution in [0, 0.1) is 36.4 Å². The van der Waals surface area contributed by atoms with Gasteiger partial charge in [-0.15, -0.1) is 11.3 Å². The van der Waals surface area contributed by atoms with Gasteiger partial charge in [0.2, 0.25) is 23.6 Å². The summed E-state index contributed by atoms with van der Waals surface area (Å²) in [5.74, 6) is -3.66. The number of thiocarbonyl (C=S) groups is 1. The predicted octanol–water partition coefficient (Wildman–Crippen LogP) is 7.00. The molecule has 20 heteroatoms. The van der Waals surface area contributed by atoms with Crippen molar-refractivity contribution in [2.24, 2.45) is 5.41 Å². The number of amides is 4. The van der Waals surface area contributed by atoms with E-state index in [0.29, 0.717) is 42.1 Å². The molecule has 0 unspecified atom stereocenters. The fraction of sp³-hybridized carbons (Fsp3) is 0.422. The second-order valence-corrected chi connectivity index (χ2v) is 18.4. The fourth-order valence-electron chi connectivity index (χ4n) is 7.71. The van der Waals surface area contributed by atoms with Crippen LogP contribution in [-0.2, 0) is 36.6 Å². The second kappa shape index (κ2) is 19.2. The summed E-state index contributed by atoms with van der Waals surface area (Å²) in [5.41, 5.74) is -0.173. The Hall–Kier alpha value is -6.04. The fourth-order valence-corrected chi connectivity index (χ4v) is 9.03. The van der Waals surface area contributed by atoms with Crippen LogP contribution in [0.2, 0.25) is 0 Å². The van der Waals surface area contributed by atoms with Gasteiger partial charge in [-0.2, -0.15) is 18.4 Å². The van der Waals surface area contributed by atoms with Crippen molar-refractivity contribution in [2.45, 2.75) is 91.7 Å². The average Bonchev–Trinajstić information content (AvgIpc) is 3.95. The highest BCUT2D eigenvalue weighted by Crippen LogP contribution is 2.42. The highest BCUT2D eigenvalue weighted by atomic mass is 32.1. The number of nitriles is 1. The van der Waals surface area contributed by atoms with Crippen molar-refractivity contribution in [3.63, 3.8) is 0 Å². The summed E-state index contributed by atoms with van der Waals surface area (Å²) in [6, 6.07) is 10.8. The van der Waals surface area contributed by atoms with Gasteiger partial charge in [0, 0.05) is 19.2 Å². The summed E-state index contributed by atoms with van der Waals surface area (Å²) in [5, 5.41) is 14.6. The first-order chi connectivity index (χ1) is 30.6. The van der Waals surface area contributed by atoms with Crippen LogP contribution in [0.15, 0.2) is 54.2 Å². The van der Waals surface area contributed by atoms with Gasteiger partial charge in [0.15, 0.2) is 10.9 Å². The van der Waals surface area contributed by atoms with E-state index in [1.54, 1.807) is 23.8 Å². The first-order valence-electron chi connectivity index (χ1n) is 20.6. The highest BCUT2D eigenvalue weighted by Gasteiger charge is 2.52. The molecule has 2 saturated heterocycles. The molecular formula is C45H48F4N8O6S2. The highest BCUT2D eigenvalue weighted by molar-refractivity contribution is 7.81. The zero-order valence-electron chi connectivity index (χ0n) is 36.8. The Morgan fingerprint density at radius 1 is 1.06 bits per heavy atom. The lowest BCUT2D eigenvalue weighted by atomic mass is 9.85. The maximum atomic E-state index is 15.4. The number of nitrogens with one attached hydrogen (secondary N) is 2. The number of pyridine rings is 1. The zero-order chi connectivity index (χ0) is 47.6. The van der Waals surface area contributed by atoms with Gasteiger partial charge in [-0.3, -0.25) is 24.1 Å². The Kier molecular flexibility index (Phi) is 14.3. The van der Waals surface area contributed by atoms with Crippen molar-refractivity contribution in [1.29, 1.82) is 5.26 Å². The minimum absolute atomic E-state index is 0.0411. The number of anilines is 2. The first kappa shape index (κ1) is 48.4. The number of aromatic nitrogens is 2. The lowest BCUT2D eigenvalue weighted by Crippen LogP contribution is -2.58. The molecule has 4 aromatic rings. The molecule has 6 rings (SSSR count). The molecule has 2 fully saturated rings. The minimum Gasteiger partial charge on any atom is -0.475 e. The van der Waals surface area contributed by atoms with Gasteiger partial charge in [0.05, 0.1) is 51.9 Å². The summed E-state index contributed by atoms with van der Waals surface area (Å²) in [4.78, 5) is 67.3. The zero-order valence-corrected chi connectivity index (χ0v) is 38.4. The number of hydrogen-bond donors (Lipinski definition) is 2. The Bertz CT molecular complexity index is 2540. The standard InChI is InChI=1S/C45H48F4N8O6S2/c1-25-19-34(51-22-32(25)57-42(64)56(41(61)44(57,6)7)30-15-14-29(20-50)35(36(30)46)45(47,48)49)63-18-17-62-23-33(58)54-38(43(3,4)5)40(60)55-16-8-9-31(55)39(59)52-21-27-10-12-28(13-11-27)37-26(2)53-24-65-37/h10-15,19,22,24,31,38H,8-9,16-18,21,23H2,1-7H3,(H,52,59)(H,54,58)/t31-,38+/m0/s1. The molecule has 2 N–H and O–H groups in total.